The summed E-state index contributed by atoms with van der Waals surface area (Å²) in [7, 11) is -0.401. The molecule has 0 amide bonds. The third-order valence-electron chi connectivity index (χ3n) is 2.20. The fourth-order valence-corrected chi connectivity index (χ4v) is 2.15. The number of hydrogen-bond acceptors (Lipinski definition) is 5. The average Bonchev–Trinajstić information content (AvgIpc) is 2.36. The molecular formula is C10H16NO4P. The summed E-state index contributed by atoms with van der Waals surface area (Å²) in [6, 6.07) is 8.98. The van der Waals surface area contributed by atoms with E-state index in [1.165, 1.54) is 14.2 Å². The van der Waals surface area contributed by atoms with Crippen molar-refractivity contribution in [1.29, 1.82) is 0 Å². The smallest absolute Gasteiger partial charge is 0.312 e. The molecule has 90 valence electrons. The van der Waals surface area contributed by atoms with Gasteiger partial charge >= 0.3 is 7.60 Å². The van der Waals surface area contributed by atoms with Crippen LogP contribution in [0.3, 0.4) is 0 Å². The van der Waals surface area contributed by atoms with E-state index in [4.69, 9.17) is 9.05 Å². The van der Waals surface area contributed by atoms with Crippen molar-refractivity contribution in [3.63, 3.8) is 0 Å². The van der Waals surface area contributed by atoms with Gasteiger partial charge in [0.1, 0.15) is 0 Å². The highest BCUT2D eigenvalue weighted by molar-refractivity contribution is 7.53. The maximum absolute atomic E-state index is 11.7. The van der Waals surface area contributed by atoms with Crippen LogP contribution < -0.4 is 5.06 Å². The number of hydrogen-bond donors (Lipinski definition) is 1. The van der Waals surface area contributed by atoms with Crippen LogP contribution in [0.5, 0.6) is 0 Å². The molecule has 0 bridgehead atoms. The Morgan fingerprint density at radius 1 is 1.25 bits per heavy atom. The number of nitrogens with zero attached hydrogens (tertiary/aromatic N) is 1. The molecular weight excluding hydrogens is 229 g/mol. The molecule has 0 aliphatic carbocycles. The van der Waals surface area contributed by atoms with Gasteiger partial charge in [-0.25, -0.2) is 0 Å². The van der Waals surface area contributed by atoms with Crippen LogP contribution in [0.25, 0.3) is 0 Å². The van der Waals surface area contributed by atoms with Crippen LogP contribution in [0.4, 0.5) is 5.69 Å². The molecule has 6 heteroatoms. The molecule has 0 radical (unpaired) electrons. The molecule has 1 N–H and O–H groups in total. The molecule has 1 aromatic carbocycles. The van der Waals surface area contributed by atoms with E-state index in [0.717, 1.165) is 5.06 Å². The van der Waals surface area contributed by atoms with Crippen LogP contribution >= 0.6 is 7.60 Å². The summed E-state index contributed by atoms with van der Waals surface area (Å²) >= 11 is 0. The van der Waals surface area contributed by atoms with Gasteiger partial charge in [0.25, 0.3) is 0 Å². The van der Waals surface area contributed by atoms with Crippen LogP contribution in [-0.4, -0.2) is 32.1 Å². The molecule has 1 rings (SSSR count). The van der Waals surface area contributed by atoms with Crippen LogP contribution in [-0.2, 0) is 13.6 Å². The van der Waals surface area contributed by atoms with E-state index < -0.39 is 7.60 Å². The molecule has 0 atom stereocenters. The number of anilines is 1. The summed E-state index contributed by atoms with van der Waals surface area (Å²) < 4.78 is 21.2. The first-order valence-corrected chi connectivity index (χ1v) is 6.56. The lowest BCUT2D eigenvalue weighted by Gasteiger charge is -2.19. The van der Waals surface area contributed by atoms with Gasteiger partial charge in [-0.15, -0.1) is 0 Å². The third kappa shape index (κ3) is 3.61. The Balaban J connectivity index is 2.53. The highest BCUT2D eigenvalue weighted by Crippen LogP contribution is 2.45. The molecule has 0 saturated carbocycles. The summed E-state index contributed by atoms with van der Waals surface area (Å²) in [6.45, 7) is 0.184. The summed E-state index contributed by atoms with van der Waals surface area (Å²) in [5, 5.41) is 10.7. The van der Waals surface area contributed by atoms with Gasteiger partial charge in [0.15, 0.2) is 0 Å². The number of rotatable bonds is 6. The standard InChI is InChI=1S/C10H16NO4P/c1-14-16(13,15-2)9-8-11(12)10-6-4-3-5-7-10/h3-7,12H,8-9H2,1-2H3. The van der Waals surface area contributed by atoms with Crippen molar-refractivity contribution < 1.29 is 18.8 Å². The second-order valence-corrected chi connectivity index (χ2v) is 5.56. The van der Waals surface area contributed by atoms with Crippen molar-refractivity contribution in [2.75, 3.05) is 32.0 Å². The van der Waals surface area contributed by atoms with Gasteiger partial charge in [0.2, 0.25) is 0 Å². The summed E-state index contributed by atoms with van der Waals surface area (Å²) in [5.41, 5.74) is 0.640. The van der Waals surface area contributed by atoms with E-state index in [-0.39, 0.29) is 12.7 Å². The fourth-order valence-electron chi connectivity index (χ4n) is 1.20. The predicted octanol–water partition coefficient (Wildman–Crippen LogP) is 2.37. The average molecular weight is 245 g/mol. The zero-order valence-electron chi connectivity index (χ0n) is 9.37. The molecule has 1 aromatic rings. The van der Waals surface area contributed by atoms with Gasteiger partial charge in [-0.05, 0) is 12.1 Å². The molecule has 16 heavy (non-hydrogen) atoms. The Labute approximate surface area is 95.1 Å². The van der Waals surface area contributed by atoms with Gasteiger partial charge < -0.3 is 9.05 Å². The van der Waals surface area contributed by atoms with Crippen LogP contribution in [0, 0.1) is 0 Å². The van der Waals surface area contributed by atoms with Crippen molar-refractivity contribution in [2.45, 2.75) is 0 Å². The lowest BCUT2D eigenvalue weighted by molar-refractivity contribution is 0.246. The monoisotopic (exact) mass is 245 g/mol. The Bertz CT molecular complexity index is 349. The van der Waals surface area contributed by atoms with E-state index in [9.17, 15) is 9.77 Å². The first kappa shape index (κ1) is 13.2. The van der Waals surface area contributed by atoms with Gasteiger partial charge in [0, 0.05) is 14.2 Å². The summed E-state index contributed by atoms with van der Waals surface area (Å²) in [5.74, 6) is 0. The second-order valence-electron chi connectivity index (χ2n) is 3.16. The predicted molar refractivity (Wildman–Crippen MR) is 62.1 cm³/mol. The molecule has 0 spiro atoms. The van der Waals surface area contributed by atoms with Crippen molar-refractivity contribution in [3.8, 4) is 0 Å². The van der Waals surface area contributed by atoms with E-state index in [1.54, 1.807) is 12.1 Å². The molecule has 5 nitrogen and oxygen atoms in total. The zero-order valence-corrected chi connectivity index (χ0v) is 10.3. The van der Waals surface area contributed by atoms with Crippen molar-refractivity contribution in [2.24, 2.45) is 0 Å². The molecule has 0 aliphatic rings. The largest absolute Gasteiger partial charge is 0.332 e. The lowest BCUT2D eigenvalue weighted by atomic mass is 10.3. The molecule has 0 unspecified atom stereocenters. The number of hydroxylamine groups is 1. The first-order valence-electron chi connectivity index (χ1n) is 4.83. The van der Waals surface area contributed by atoms with Gasteiger partial charge in [0.05, 0.1) is 18.4 Å². The van der Waals surface area contributed by atoms with Crippen molar-refractivity contribution in [3.05, 3.63) is 30.3 Å². The molecule has 0 heterocycles. The van der Waals surface area contributed by atoms with E-state index in [0.29, 0.717) is 5.69 Å². The highest BCUT2D eigenvalue weighted by atomic mass is 31.2. The van der Waals surface area contributed by atoms with Gasteiger partial charge in [-0.1, -0.05) is 18.2 Å². The molecule has 0 aromatic heterocycles. The lowest BCUT2D eigenvalue weighted by Crippen LogP contribution is -2.22. The first-order chi connectivity index (χ1) is 7.61. The Morgan fingerprint density at radius 3 is 2.31 bits per heavy atom. The molecule has 0 saturated heterocycles. The normalized spacial score (nSPS) is 11.4. The topological polar surface area (TPSA) is 59.0 Å². The van der Waals surface area contributed by atoms with Crippen LogP contribution in [0.1, 0.15) is 0 Å². The van der Waals surface area contributed by atoms with Gasteiger partial charge in [-0.3, -0.25) is 14.8 Å². The minimum atomic E-state index is -3.06. The highest BCUT2D eigenvalue weighted by Gasteiger charge is 2.21. The fraction of sp³-hybridized carbons (Fsp3) is 0.400. The van der Waals surface area contributed by atoms with Crippen LogP contribution in [0.2, 0.25) is 0 Å². The summed E-state index contributed by atoms with van der Waals surface area (Å²) in [6.07, 6.45) is 0.130. The molecule has 0 fully saturated rings. The Morgan fingerprint density at radius 2 is 1.81 bits per heavy atom. The molecule has 0 aliphatic heterocycles. The van der Waals surface area contributed by atoms with E-state index >= 15 is 0 Å². The maximum atomic E-state index is 11.7. The quantitative estimate of drug-likeness (QED) is 0.615. The Hall–Kier alpha value is -0.870. The number of benzene rings is 1. The minimum absolute atomic E-state index is 0.130. The Kier molecular flexibility index (Phi) is 4.96. The van der Waals surface area contributed by atoms with E-state index in [2.05, 4.69) is 0 Å². The SMILES string of the molecule is COP(=O)(CCN(O)c1ccccc1)OC. The summed E-state index contributed by atoms with van der Waals surface area (Å²) in [4.78, 5) is 0. The second kappa shape index (κ2) is 6.01. The van der Waals surface area contributed by atoms with E-state index in [1.807, 2.05) is 18.2 Å². The maximum Gasteiger partial charge on any atom is 0.332 e. The zero-order chi connectivity index (χ0) is 12.0. The third-order valence-corrected chi connectivity index (χ3v) is 4.06. The van der Waals surface area contributed by atoms with Gasteiger partial charge in [-0.2, -0.15) is 0 Å². The minimum Gasteiger partial charge on any atom is -0.312 e. The van der Waals surface area contributed by atoms with Crippen LogP contribution in [0.15, 0.2) is 30.3 Å². The number of para-hydroxylation sites is 1. The van der Waals surface area contributed by atoms with Crippen molar-refractivity contribution in [1.82, 2.24) is 0 Å². The van der Waals surface area contributed by atoms with Crippen molar-refractivity contribution >= 4 is 13.3 Å².